The molecule has 0 unspecified atom stereocenters. The Balaban J connectivity index is 1.37. The fraction of sp³-hybridized carbons (Fsp3) is 0.276. The first kappa shape index (κ1) is 28.0. The van der Waals surface area contributed by atoms with Gasteiger partial charge in [-0.25, -0.2) is 17.5 Å². The van der Waals surface area contributed by atoms with Gasteiger partial charge in [0.2, 0.25) is 15.9 Å². The maximum Gasteiger partial charge on any atom is 0.286 e. The lowest BCUT2D eigenvalue weighted by atomic mass is 9.85. The van der Waals surface area contributed by atoms with Gasteiger partial charge >= 0.3 is 0 Å². The number of benzene rings is 3. The van der Waals surface area contributed by atoms with Crippen molar-refractivity contribution in [2.75, 3.05) is 0 Å². The molecule has 202 valence electrons. The average Bonchev–Trinajstić information content (AvgIpc) is 2.92. The van der Waals surface area contributed by atoms with Gasteiger partial charge in [-0.1, -0.05) is 42.2 Å². The smallest absolute Gasteiger partial charge is 0.286 e. The minimum atomic E-state index is -4.03. The highest BCUT2D eigenvalue weighted by molar-refractivity contribution is 7.89. The summed E-state index contributed by atoms with van der Waals surface area (Å²) in [6.45, 7) is 1.82. The second-order valence-electron chi connectivity index (χ2n) is 9.50. The van der Waals surface area contributed by atoms with Gasteiger partial charge in [0.25, 0.3) is 5.69 Å². The van der Waals surface area contributed by atoms with E-state index in [9.17, 15) is 27.7 Å². The lowest BCUT2D eigenvalue weighted by Gasteiger charge is -2.29. The summed E-state index contributed by atoms with van der Waals surface area (Å²) in [6, 6.07) is 17.9. The molecule has 8 nitrogen and oxygen atoms in total. The number of hydrogen-bond acceptors (Lipinski definition) is 5. The summed E-state index contributed by atoms with van der Waals surface area (Å²) >= 11 is 0. The Kier molecular flexibility index (Phi) is 8.74. The summed E-state index contributed by atoms with van der Waals surface area (Å²) in [6.07, 6.45) is 1.88. The van der Waals surface area contributed by atoms with Crippen LogP contribution in [0, 0.1) is 33.7 Å². The molecular weight excluding hydrogens is 521 g/mol. The quantitative estimate of drug-likeness (QED) is 0.248. The number of amides is 1. The molecule has 0 bridgehead atoms. The van der Waals surface area contributed by atoms with Crippen molar-refractivity contribution in [3.8, 4) is 11.8 Å². The van der Waals surface area contributed by atoms with Crippen molar-refractivity contribution in [3.05, 3.63) is 105 Å². The van der Waals surface area contributed by atoms with E-state index < -0.39 is 26.7 Å². The molecule has 0 spiro atoms. The highest BCUT2D eigenvalue weighted by atomic mass is 32.2. The lowest BCUT2D eigenvalue weighted by molar-refractivity contribution is -0.385. The second-order valence-corrected chi connectivity index (χ2v) is 11.2. The molecule has 3 aromatic rings. The number of sulfonamides is 1. The van der Waals surface area contributed by atoms with Crippen LogP contribution in [0.1, 0.15) is 55.3 Å². The molecule has 1 atom stereocenters. The molecule has 0 heterocycles. The van der Waals surface area contributed by atoms with E-state index in [1.807, 2.05) is 13.0 Å². The number of nitrogens with zero attached hydrogens (tertiary/aromatic N) is 1. The number of rotatable bonds is 7. The molecule has 10 heteroatoms. The highest BCUT2D eigenvalue weighted by Gasteiger charge is 2.30. The Labute approximate surface area is 226 Å². The zero-order valence-corrected chi connectivity index (χ0v) is 22.1. The van der Waals surface area contributed by atoms with Crippen molar-refractivity contribution in [1.29, 1.82) is 0 Å². The lowest BCUT2D eigenvalue weighted by Crippen LogP contribution is -2.41. The van der Waals surface area contributed by atoms with E-state index in [2.05, 4.69) is 21.9 Å². The van der Waals surface area contributed by atoms with Gasteiger partial charge in [-0.05, 0) is 74.6 Å². The van der Waals surface area contributed by atoms with Gasteiger partial charge in [0, 0.05) is 23.6 Å². The first-order chi connectivity index (χ1) is 18.6. The van der Waals surface area contributed by atoms with Crippen LogP contribution < -0.4 is 10.0 Å². The molecule has 39 heavy (non-hydrogen) atoms. The van der Waals surface area contributed by atoms with E-state index >= 15 is 0 Å². The third-order valence-electron chi connectivity index (χ3n) is 6.74. The summed E-state index contributed by atoms with van der Waals surface area (Å²) in [5.41, 5.74) is 1.19. The summed E-state index contributed by atoms with van der Waals surface area (Å²) in [4.78, 5) is 23.5. The topological polar surface area (TPSA) is 118 Å². The Bertz CT molecular complexity index is 1510. The van der Waals surface area contributed by atoms with Crippen LogP contribution in [0.25, 0.3) is 0 Å². The number of halogens is 1. The standard InChI is InChI=1S/C29H28FN3O5S/c1-20(22-9-14-25(30)15-10-22)31-29(34)24-11-16-26(17-12-24)32-39(37,38)27-18-13-23(28(19-27)33(35)36)8-7-21-5-3-2-4-6-21/h2-6,9-10,13-15,18-20,24,26,32H,11-12,16-17H2,1H3,(H,31,34)/t20-,24?,26?/m1/s1. The van der Waals surface area contributed by atoms with E-state index in [4.69, 9.17) is 0 Å². The molecule has 2 N–H and O–H groups in total. The number of nitro benzene ring substituents is 1. The average molecular weight is 550 g/mol. The van der Waals surface area contributed by atoms with Crippen LogP contribution in [0.2, 0.25) is 0 Å². The summed E-state index contributed by atoms with van der Waals surface area (Å²) in [7, 11) is -4.03. The van der Waals surface area contributed by atoms with Crippen LogP contribution in [-0.2, 0) is 14.8 Å². The molecule has 1 fully saturated rings. The monoisotopic (exact) mass is 549 g/mol. The van der Waals surface area contributed by atoms with Gasteiger partial charge in [-0.15, -0.1) is 0 Å². The molecule has 0 aromatic heterocycles. The molecule has 3 aromatic carbocycles. The SMILES string of the molecule is C[C@@H](NC(=O)C1CCC(NS(=O)(=O)c2ccc(C#Cc3ccccc3)c([N+](=O)[O-])c2)CC1)c1ccc(F)cc1. The van der Waals surface area contributed by atoms with Crippen LogP contribution in [-0.4, -0.2) is 25.3 Å². The number of hydrogen-bond donors (Lipinski definition) is 2. The molecule has 1 aliphatic carbocycles. The van der Waals surface area contributed by atoms with Crippen molar-refractivity contribution in [3.63, 3.8) is 0 Å². The number of carbonyl (C=O) groups is 1. The minimum absolute atomic E-state index is 0.115. The Morgan fingerprint density at radius 1 is 1.00 bits per heavy atom. The molecule has 0 radical (unpaired) electrons. The summed E-state index contributed by atoms with van der Waals surface area (Å²) in [5, 5.41) is 14.6. The van der Waals surface area contributed by atoms with E-state index in [1.165, 1.54) is 24.3 Å². The maximum absolute atomic E-state index is 13.2. The van der Waals surface area contributed by atoms with Crippen LogP contribution >= 0.6 is 0 Å². The van der Waals surface area contributed by atoms with Crippen LogP contribution in [0.5, 0.6) is 0 Å². The van der Waals surface area contributed by atoms with Crippen LogP contribution in [0.3, 0.4) is 0 Å². The zero-order valence-electron chi connectivity index (χ0n) is 21.3. The molecule has 1 aliphatic rings. The first-order valence-corrected chi connectivity index (χ1v) is 14.0. The summed E-state index contributed by atoms with van der Waals surface area (Å²) in [5.74, 6) is 4.86. The largest absolute Gasteiger partial charge is 0.349 e. The van der Waals surface area contributed by atoms with Gasteiger partial charge in [0.05, 0.1) is 15.9 Å². The Morgan fingerprint density at radius 3 is 2.31 bits per heavy atom. The van der Waals surface area contributed by atoms with Crippen molar-refractivity contribution >= 4 is 21.6 Å². The van der Waals surface area contributed by atoms with E-state index in [0.717, 1.165) is 11.6 Å². The predicted octanol–water partition coefficient (Wildman–Crippen LogP) is 4.85. The Morgan fingerprint density at radius 2 is 1.67 bits per heavy atom. The van der Waals surface area contributed by atoms with Gasteiger partial charge in [-0.3, -0.25) is 14.9 Å². The molecule has 1 amide bonds. The maximum atomic E-state index is 13.2. The highest BCUT2D eigenvalue weighted by Crippen LogP contribution is 2.28. The van der Waals surface area contributed by atoms with Crippen molar-refractivity contribution < 1.29 is 22.5 Å². The van der Waals surface area contributed by atoms with Gasteiger partial charge in [-0.2, -0.15) is 0 Å². The van der Waals surface area contributed by atoms with Gasteiger partial charge in [0.15, 0.2) is 0 Å². The molecule has 0 saturated heterocycles. The van der Waals surface area contributed by atoms with E-state index in [-0.39, 0.29) is 34.1 Å². The van der Waals surface area contributed by atoms with Gasteiger partial charge < -0.3 is 5.32 Å². The molecule has 0 aliphatic heterocycles. The predicted molar refractivity (Wildman–Crippen MR) is 145 cm³/mol. The van der Waals surface area contributed by atoms with E-state index in [1.54, 1.807) is 36.4 Å². The third kappa shape index (κ3) is 7.28. The van der Waals surface area contributed by atoms with Crippen molar-refractivity contribution in [1.82, 2.24) is 10.0 Å². The number of nitrogens with one attached hydrogen (secondary N) is 2. The second kappa shape index (κ2) is 12.2. The summed E-state index contributed by atoms with van der Waals surface area (Å²) < 4.78 is 41.9. The van der Waals surface area contributed by atoms with Crippen LogP contribution in [0.4, 0.5) is 10.1 Å². The normalized spacial score (nSPS) is 17.9. The first-order valence-electron chi connectivity index (χ1n) is 12.6. The number of carbonyl (C=O) groups excluding carboxylic acids is 1. The fourth-order valence-corrected chi connectivity index (χ4v) is 5.85. The minimum Gasteiger partial charge on any atom is -0.349 e. The van der Waals surface area contributed by atoms with E-state index in [0.29, 0.717) is 31.2 Å². The van der Waals surface area contributed by atoms with Gasteiger partial charge in [0.1, 0.15) is 11.4 Å². The molecular formula is C29H28FN3O5S. The Hall–Kier alpha value is -4.07. The van der Waals surface area contributed by atoms with Crippen molar-refractivity contribution in [2.24, 2.45) is 5.92 Å². The zero-order chi connectivity index (χ0) is 28.0. The van der Waals surface area contributed by atoms with Crippen LogP contribution in [0.15, 0.2) is 77.7 Å². The van der Waals surface area contributed by atoms with Crippen molar-refractivity contribution in [2.45, 2.75) is 49.6 Å². The molecule has 1 saturated carbocycles. The molecule has 4 rings (SSSR count). The fourth-order valence-electron chi connectivity index (χ4n) is 4.52. The number of nitro groups is 1. The third-order valence-corrected chi connectivity index (χ3v) is 8.26.